The van der Waals surface area contributed by atoms with Crippen molar-refractivity contribution in [2.24, 2.45) is 0 Å². The monoisotopic (exact) mass is 379 g/mol. The average molecular weight is 380 g/mol. The number of benzene rings is 1. The summed E-state index contributed by atoms with van der Waals surface area (Å²) in [5.41, 5.74) is 0.878. The molecule has 0 radical (unpaired) electrons. The predicted molar refractivity (Wildman–Crippen MR) is 83.0 cm³/mol. The first-order valence-electron chi connectivity index (χ1n) is 6.61. The van der Waals surface area contributed by atoms with E-state index in [1.807, 2.05) is 0 Å². The Bertz CT molecular complexity index is 860. The van der Waals surface area contributed by atoms with Crippen LogP contribution in [-0.2, 0) is 11.3 Å². The lowest BCUT2D eigenvalue weighted by molar-refractivity contribution is -0.117. The molecule has 2 aromatic heterocycles. The second kappa shape index (κ2) is 6.29. The Labute approximate surface area is 138 Å². The molecule has 0 saturated carbocycles. The first kappa shape index (κ1) is 15.3. The summed E-state index contributed by atoms with van der Waals surface area (Å²) in [6.07, 6.45) is 0. The quantitative estimate of drug-likeness (QED) is 0.752. The van der Waals surface area contributed by atoms with Gasteiger partial charge in [0.05, 0.1) is 0 Å². The molecule has 3 aromatic rings. The van der Waals surface area contributed by atoms with Gasteiger partial charge in [0.15, 0.2) is 10.4 Å². The second-order valence-corrected chi connectivity index (χ2v) is 5.54. The van der Waals surface area contributed by atoms with E-state index in [0.29, 0.717) is 21.7 Å². The molecule has 0 aliphatic carbocycles. The summed E-state index contributed by atoms with van der Waals surface area (Å²) in [6.45, 7) is 1.50. The number of nitrogens with zero attached hydrogens (tertiary/aromatic N) is 4. The zero-order valence-electron chi connectivity index (χ0n) is 12.0. The lowest BCUT2D eigenvalue weighted by atomic mass is 10.2. The van der Waals surface area contributed by atoms with Gasteiger partial charge in [0.1, 0.15) is 12.4 Å². The standard InChI is InChI=1S/C14H11BrFN5O2/c1-8-2-3-9(6-10(8)16)17-13(22)7-21-19-14(18-20-21)11-4-5-12(15)23-11/h2-6H,7H2,1H3,(H,17,22). The highest BCUT2D eigenvalue weighted by atomic mass is 79.9. The fourth-order valence-corrected chi connectivity index (χ4v) is 2.15. The average Bonchev–Trinajstić information content (AvgIpc) is 3.12. The molecule has 0 unspecified atom stereocenters. The lowest BCUT2D eigenvalue weighted by Crippen LogP contribution is -2.20. The maximum Gasteiger partial charge on any atom is 0.248 e. The SMILES string of the molecule is Cc1ccc(NC(=O)Cn2nnc(-c3ccc(Br)o3)n2)cc1F. The Morgan fingerprint density at radius 3 is 2.91 bits per heavy atom. The van der Waals surface area contributed by atoms with E-state index in [1.165, 1.54) is 6.07 Å². The molecule has 7 nitrogen and oxygen atoms in total. The number of rotatable bonds is 4. The molecule has 118 valence electrons. The Kier molecular flexibility index (Phi) is 4.20. The van der Waals surface area contributed by atoms with Gasteiger partial charge in [0.25, 0.3) is 0 Å². The molecule has 3 rings (SSSR count). The zero-order valence-corrected chi connectivity index (χ0v) is 13.5. The van der Waals surface area contributed by atoms with Crippen LogP contribution in [0.4, 0.5) is 10.1 Å². The van der Waals surface area contributed by atoms with Crippen molar-refractivity contribution >= 4 is 27.5 Å². The van der Waals surface area contributed by atoms with Gasteiger partial charge >= 0.3 is 0 Å². The van der Waals surface area contributed by atoms with E-state index < -0.39 is 5.91 Å². The number of hydrogen-bond acceptors (Lipinski definition) is 5. The smallest absolute Gasteiger partial charge is 0.248 e. The zero-order chi connectivity index (χ0) is 16.4. The third kappa shape index (κ3) is 3.62. The fraction of sp³-hybridized carbons (Fsp3) is 0.143. The maximum atomic E-state index is 13.4. The number of nitrogens with one attached hydrogen (secondary N) is 1. The number of aryl methyl sites for hydroxylation is 1. The van der Waals surface area contributed by atoms with Gasteiger partial charge in [0.2, 0.25) is 11.7 Å². The minimum atomic E-state index is -0.391. The Morgan fingerprint density at radius 1 is 1.39 bits per heavy atom. The number of halogens is 2. The van der Waals surface area contributed by atoms with Crippen molar-refractivity contribution < 1.29 is 13.6 Å². The summed E-state index contributed by atoms with van der Waals surface area (Å²) in [7, 11) is 0. The fourth-order valence-electron chi connectivity index (χ4n) is 1.84. The highest BCUT2D eigenvalue weighted by molar-refractivity contribution is 9.10. The van der Waals surface area contributed by atoms with Crippen LogP contribution in [0.15, 0.2) is 39.4 Å². The summed E-state index contributed by atoms with van der Waals surface area (Å²) in [5, 5.41) is 14.2. The van der Waals surface area contributed by atoms with Gasteiger partial charge in [-0.05, 0) is 57.9 Å². The maximum absolute atomic E-state index is 13.4. The van der Waals surface area contributed by atoms with Gasteiger partial charge in [-0.25, -0.2) is 4.39 Å². The highest BCUT2D eigenvalue weighted by Crippen LogP contribution is 2.21. The van der Waals surface area contributed by atoms with Gasteiger partial charge in [-0.1, -0.05) is 6.07 Å². The molecule has 0 aliphatic rings. The number of amides is 1. The number of carbonyl (C=O) groups excluding carboxylic acids is 1. The molecule has 23 heavy (non-hydrogen) atoms. The molecule has 0 atom stereocenters. The topological polar surface area (TPSA) is 85.8 Å². The summed E-state index contributed by atoms with van der Waals surface area (Å²) >= 11 is 3.18. The van der Waals surface area contributed by atoms with Crippen LogP contribution < -0.4 is 5.32 Å². The first-order valence-corrected chi connectivity index (χ1v) is 7.40. The van der Waals surface area contributed by atoms with Crippen LogP contribution in [0, 0.1) is 12.7 Å². The second-order valence-electron chi connectivity index (χ2n) is 4.76. The Hall–Kier alpha value is -2.55. The Morgan fingerprint density at radius 2 is 2.22 bits per heavy atom. The van der Waals surface area contributed by atoms with Crippen LogP contribution in [0.3, 0.4) is 0 Å². The number of tetrazole rings is 1. The minimum Gasteiger partial charge on any atom is -0.446 e. The Balaban J connectivity index is 1.66. The van der Waals surface area contributed by atoms with Crippen LogP contribution in [0.1, 0.15) is 5.56 Å². The number of carbonyl (C=O) groups is 1. The summed E-state index contributed by atoms with van der Waals surface area (Å²) in [6, 6.07) is 7.85. The number of furan rings is 1. The van der Waals surface area contributed by atoms with Gasteiger partial charge in [-0.15, -0.1) is 10.2 Å². The number of anilines is 1. The van der Waals surface area contributed by atoms with E-state index in [0.717, 1.165) is 4.80 Å². The highest BCUT2D eigenvalue weighted by Gasteiger charge is 2.12. The molecule has 1 N–H and O–H groups in total. The molecule has 9 heteroatoms. The largest absolute Gasteiger partial charge is 0.446 e. The van der Waals surface area contributed by atoms with E-state index in [2.05, 4.69) is 36.7 Å². The van der Waals surface area contributed by atoms with Crippen LogP contribution in [-0.4, -0.2) is 26.1 Å². The van der Waals surface area contributed by atoms with Crippen molar-refractivity contribution in [1.82, 2.24) is 20.2 Å². The molecular weight excluding hydrogens is 369 g/mol. The molecule has 0 saturated heterocycles. The van der Waals surface area contributed by atoms with E-state index in [4.69, 9.17) is 4.42 Å². The van der Waals surface area contributed by atoms with Crippen LogP contribution in [0.25, 0.3) is 11.6 Å². The van der Waals surface area contributed by atoms with Gasteiger partial charge in [-0.2, -0.15) is 4.80 Å². The van der Waals surface area contributed by atoms with Crippen molar-refractivity contribution in [1.29, 1.82) is 0 Å². The molecule has 0 fully saturated rings. The lowest BCUT2D eigenvalue weighted by Gasteiger charge is -2.05. The van der Waals surface area contributed by atoms with Crippen LogP contribution in [0.5, 0.6) is 0 Å². The molecule has 0 bridgehead atoms. The normalized spacial score (nSPS) is 10.7. The number of hydrogen-bond donors (Lipinski definition) is 1. The van der Waals surface area contributed by atoms with E-state index in [-0.39, 0.29) is 18.2 Å². The minimum absolute atomic E-state index is 0.148. The molecule has 0 spiro atoms. The van der Waals surface area contributed by atoms with Gasteiger partial charge < -0.3 is 9.73 Å². The first-order chi connectivity index (χ1) is 11.0. The van der Waals surface area contributed by atoms with E-state index in [9.17, 15) is 9.18 Å². The third-order valence-corrected chi connectivity index (χ3v) is 3.41. The van der Waals surface area contributed by atoms with Crippen LogP contribution >= 0.6 is 15.9 Å². The molecular formula is C14H11BrFN5O2. The molecule has 2 heterocycles. The molecule has 0 aliphatic heterocycles. The molecule has 1 aromatic carbocycles. The van der Waals surface area contributed by atoms with Crippen LogP contribution in [0.2, 0.25) is 0 Å². The number of aromatic nitrogens is 4. The van der Waals surface area contributed by atoms with E-state index in [1.54, 1.807) is 31.2 Å². The van der Waals surface area contributed by atoms with Crippen molar-refractivity contribution in [3.63, 3.8) is 0 Å². The van der Waals surface area contributed by atoms with Gasteiger partial charge in [0, 0.05) is 5.69 Å². The van der Waals surface area contributed by atoms with Crippen molar-refractivity contribution in [2.45, 2.75) is 13.5 Å². The van der Waals surface area contributed by atoms with Crippen molar-refractivity contribution in [3.8, 4) is 11.6 Å². The summed E-state index contributed by atoms with van der Waals surface area (Å²) in [5.74, 6) is -0.0702. The van der Waals surface area contributed by atoms with Gasteiger partial charge in [-0.3, -0.25) is 4.79 Å². The molecule has 1 amide bonds. The van der Waals surface area contributed by atoms with Crippen molar-refractivity contribution in [2.75, 3.05) is 5.32 Å². The third-order valence-electron chi connectivity index (χ3n) is 2.99. The summed E-state index contributed by atoms with van der Waals surface area (Å²) < 4.78 is 19.3. The van der Waals surface area contributed by atoms with E-state index >= 15 is 0 Å². The van der Waals surface area contributed by atoms with Crippen molar-refractivity contribution in [3.05, 3.63) is 46.4 Å². The predicted octanol–water partition coefficient (Wildman–Crippen LogP) is 2.78. The summed E-state index contributed by atoms with van der Waals surface area (Å²) in [4.78, 5) is 13.1.